The van der Waals surface area contributed by atoms with Crippen LogP contribution in [-0.2, 0) is 16.0 Å². The number of nitrogens with zero attached hydrogens (tertiary/aromatic N) is 2. The van der Waals surface area contributed by atoms with E-state index < -0.39 is 17.9 Å². The third kappa shape index (κ3) is 6.21. The highest BCUT2D eigenvalue weighted by atomic mass is 19.1. The Morgan fingerprint density at radius 3 is 2.36 bits per heavy atom. The maximum Gasteiger partial charge on any atom is 0.272 e. The van der Waals surface area contributed by atoms with Gasteiger partial charge < -0.3 is 19.6 Å². The van der Waals surface area contributed by atoms with E-state index in [1.165, 1.54) is 11.5 Å². The number of carbonyl (C=O) groups excluding carboxylic acids is 2. The van der Waals surface area contributed by atoms with E-state index in [0.29, 0.717) is 44.7 Å². The number of benzene rings is 2. The summed E-state index contributed by atoms with van der Waals surface area (Å²) in [6, 6.07) is 14.0. The van der Waals surface area contributed by atoms with Crippen LogP contribution in [0.2, 0.25) is 0 Å². The van der Waals surface area contributed by atoms with Gasteiger partial charge in [-0.2, -0.15) is 0 Å². The molecule has 0 aromatic heterocycles. The van der Waals surface area contributed by atoms with Gasteiger partial charge in [0.15, 0.2) is 0 Å². The zero-order valence-electron chi connectivity index (χ0n) is 18.6. The van der Waals surface area contributed by atoms with Crippen molar-refractivity contribution in [1.29, 1.82) is 0 Å². The number of aliphatic hydroxyl groups is 1. The zero-order chi connectivity index (χ0) is 23.8. The average Bonchev–Trinajstić information content (AvgIpc) is 2.86. The predicted molar refractivity (Wildman–Crippen MR) is 121 cm³/mol. The number of piperazine rings is 1. The molecule has 1 heterocycles. The summed E-state index contributed by atoms with van der Waals surface area (Å²) in [6.07, 6.45) is -0.175. The van der Waals surface area contributed by atoms with Crippen LogP contribution in [0, 0.1) is 11.7 Å². The molecule has 1 saturated heterocycles. The first-order valence-electron chi connectivity index (χ1n) is 11.0. The Hall–Kier alpha value is -3.17. The number of ether oxygens (including phenoxy) is 1. The van der Waals surface area contributed by atoms with Crippen LogP contribution in [0.15, 0.2) is 48.5 Å². The van der Waals surface area contributed by atoms with Gasteiger partial charge >= 0.3 is 0 Å². The van der Waals surface area contributed by atoms with Crippen LogP contribution < -0.4 is 15.1 Å². The molecule has 3 N–H and O–H groups in total. The molecule has 1 fully saturated rings. The number of nitrogens with one attached hydrogen (secondary N) is 1. The third-order valence-electron chi connectivity index (χ3n) is 6.00. The minimum Gasteiger partial charge on any atom is -0.497 e. The molecule has 178 valence electrons. The van der Waals surface area contributed by atoms with E-state index in [1.807, 2.05) is 29.2 Å². The van der Waals surface area contributed by atoms with Gasteiger partial charge in [-0.3, -0.25) is 14.8 Å². The number of aliphatic hydroxyl groups excluding tert-OH is 1. The van der Waals surface area contributed by atoms with E-state index in [2.05, 4.69) is 0 Å². The number of hydrogen-bond acceptors (Lipinski definition) is 6. The lowest BCUT2D eigenvalue weighted by Gasteiger charge is -2.38. The van der Waals surface area contributed by atoms with Crippen LogP contribution in [0.4, 0.5) is 10.1 Å². The van der Waals surface area contributed by atoms with Gasteiger partial charge in [0.2, 0.25) is 5.91 Å². The number of para-hydroxylation sites is 1. The highest BCUT2D eigenvalue weighted by Gasteiger charge is 2.35. The van der Waals surface area contributed by atoms with Crippen molar-refractivity contribution in [2.75, 3.05) is 38.2 Å². The van der Waals surface area contributed by atoms with Gasteiger partial charge in [-0.25, -0.2) is 9.87 Å². The van der Waals surface area contributed by atoms with E-state index in [-0.39, 0.29) is 18.1 Å². The molecule has 0 aliphatic carbocycles. The summed E-state index contributed by atoms with van der Waals surface area (Å²) < 4.78 is 19.2. The topological polar surface area (TPSA) is 102 Å². The molecule has 0 radical (unpaired) electrons. The van der Waals surface area contributed by atoms with Crippen LogP contribution in [0.25, 0.3) is 0 Å². The first-order valence-corrected chi connectivity index (χ1v) is 11.0. The molecule has 2 aromatic rings. The molecule has 0 unspecified atom stereocenters. The summed E-state index contributed by atoms with van der Waals surface area (Å²) in [6.45, 7) is 1.56. The molecule has 1 aliphatic heterocycles. The molecule has 33 heavy (non-hydrogen) atoms. The summed E-state index contributed by atoms with van der Waals surface area (Å²) in [5, 5.41) is 19.4. The second kappa shape index (κ2) is 11.6. The lowest BCUT2D eigenvalue weighted by molar-refractivity contribution is -0.150. The number of anilines is 1. The largest absolute Gasteiger partial charge is 0.497 e. The fourth-order valence-corrected chi connectivity index (χ4v) is 4.09. The molecule has 0 saturated carbocycles. The van der Waals surface area contributed by atoms with Crippen LogP contribution in [0.3, 0.4) is 0 Å². The molecule has 0 spiro atoms. The quantitative estimate of drug-likeness (QED) is 0.392. The number of methoxy groups -OCH3 is 1. The Kier molecular flexibility index (Phi) is 8.62. The Labute approximate surface area is 192 Å². The minimum atomic E-state index is -1.66. The Balaban J connectivity index is 1.61. The van der Waals surface area contributed by atoms with Crippen molar-refractivity contribution >= 4 is 17.5 Å². The predicted octanol–water partition coefficient (Wildman–Crippen LogP) is 1.99. The van der Waals surface area contributed by atoms with Crippen molar-refractivity contribution in [2.45, 2.75) is 25.4 Å². The van der Waals surface area contributed by atoms with Gasteiger partial charge in [0, 0.05) is 26.2 Å². The summed E-state index contributed by atoms with van der Waals surface area (Å²) in [4.78, 5) is 28.5. The second-order valence-electron chi connectivity index (χ2n) is 8.03. The second-order valence-corrected chi connectivity index (χ2v) is 8.03. The molecule has 1 aliphatic rings. The zero-order valence-corrected chi connectivity index (χ0v) is 18.6. The summed E-state index contributed by atoms with van der Waals surface area (Å²) in [5.41, 5.74) is 2.96. The molecule has 2 aromatic carbocycles. The Morgan fingerprint density at radius 2 is 1.76 bits per heavy atom. The average molecular weight is 460 g/mol. The van der Waals surface area contributed by atoms with Crippen LogP contribution in [-0.4, -0.2) is 66.4 Å². The highest BCUT2D eigenvalue weighted by Crippen LogP contribution is 2.23. The van der Waals surface area contributed by atoms with Gasteiger partial charge in [-0.15, -0.1) is 0 Å². The molecule has 9 heteroatoms. The van der Waals surface area contributed by atoms with Crippen molar-refractivity contribution in [1.82, 2.24) is 10.4 Å². The molecule has 2 amide bonds. The maximum absolute atomic E-state index is 14.1. The van der Waals surface area contributed by atoms with Gasteiger partial charge in [0.1, 0.15) is 17.7 Å². The van der Waals surface area contributed by atoms with Crippen LogP contribution >= 0.6 is 0 Å². The summed E-state index contributed by atoms with van der Waals surface area (Å²) >= 11 is 0. The third-order valence-corrected chi connectivity index (χ3v) is 6.00. The van der Waals surface area contributed by atoms with Crippen molar-refractivity contribution in [3.8, 4) is 5.75 Å². The molecular weight excluding hydrogens is 429 g/mol. The fourth-order valence-electron chi connectivity index (χ4n) is 4.09. The number of hydrogen-bond donors (Lipinski definition) is 3. The Bertz CT molecular complexity index is 932. The van der Waals surface area contributed by atoms with E-state index in [9.17, 15) is 19.1 Å². The molecule has 0 bridgehead atoms. The monoisotopic (exact) mass is 459 g/mol. The lowest BCUT2D eigenvalue weighted by Crippen LogP contribution is -2.53. The summed E-state index contributed by atoms with van der Waals surface area (Å²) in [5.74, 6) is -1.92. The van der Waals surface area contributed by atoms with Gasteiger partial charge in [-0.05, 0) is 49.1 Å². The van der Waals surface area contributed by atoms with E-state index in [1.54, 1.807) is 30.2 Å². The normalized spacial score (nSPS) is 15.6. The van der Waals surface area contributed by atoms with Gasteiger partial charge in [-0.1, -0.05) is 24.3 Å². The first kappa shape index (κ1) is 24.5. The van der Waals surface area contributed by atoms with Crippen LogP contribution in [0.1, 0.15) is 18.4 Å². The fraction of sp³-hybridized carbons (Fsp3) is 0.417. The molecular formula is C24H30FN3O5. The summed E-state index contributed by atoms with van der Waals surface area (Å²) in [7, 11) is 1.59. The smallest absolute Gasteiger partial charge is 0.272 e. The standard InChI is InChI=1S/C24H30FN3O5/c1-33-18-11-9-17(10-12-18)5-4-6-19(22(29)23(30)26-32)24(31)28-15-13-27(14-16-28)21-8-3-2-7-20(21)25/h2-3,7-12,19,22,29,32H,4-6,13-16H2,1H3,(H,26,30)/t19-,22+/m1/s1. The van der Waals surface area contributed by atoms with Crippen molar-refractivity contribution < 1.29 is 29.0 Å². The SMILES string of the molecule is COc1ccc(CCC[C@@H](C(=O)N2CCN(c3ccccc3F)CC2)[C@H](O)C(=O)NO)cc1. The van der Waals surface area contributed by atoms with Gasteiger partial charge in [0.05, 0.1) is 18.7 Å². The molecule has 3 rings (SSSR count). The van der Waals surface area contributed by atoms with Crippen molar-refractivity contribution in [3.05, 3.63) is 59.9 Å². The molecule has 2 atom stereocenters. The first-order chi connectivity index (χ1) is 15.9. The van der Waals surface area contributed by atoms with E-state index in [4.69, 9.17) is 9.94 Å². The highest BCUT2D eigenvalue weighted by molar-refractivity contribution is 5.88. The maximum atomic E-state index is 14.1. The number of hydroxylamine groups is 1. The van der Waals surface area contributed by atoms with Crippen molar-refractivity contribution in [3.63, 3.8) is 0 Å². The Morgan fingerprint density at radius 1 is 1.09 bits per heavy atom. The lowest BCUT2D eigenvalue weighted by atomic mass is 9.92. The molecule has 8 nitrogen and oxygen atoms in total. The number of carbonyl (C=O) groups is 2. The minimum absolute atomic E-state index is 0.271. The number of aryl methyl sites for hydroxylation is 1. The number of halogens is 1. The number of amides is 2. The number of rotatable bonds is 9. The van der Waals surface area contributed by atoms with Crippen molar-refractivity contribution in [2.24, 2.45) is 5.92 Å². The van der Waals surface area contributed by atoms with Crippen LogP contribution in [0.5, 0.6) is 5.75 Å². The van der Waals surface area contributed by atoms with E-state index in [0.717, 1.165) is 11.3 Å². The van der Waals surface area contributed by atoms with Gasteiger partial charge in [0.25, 0.3) is 5.91 Å². The van der Waals surface area contributed by atoms with E-state index >= 15 is 0 Å².